The summed E-state index contributed by atoms with van der Waals surface area (Å²) >= 11 is 5.92. The van der Waals surface area contributed by atoms with E-state index in [0.717, 1.165) is 22.5 Å². The minimum atomic E-state index is -1.00. The van der Waals surface area contributed by atoms with Crippen LogP contribution in [-0.2, 0) is 10.2 Å². The van der Waals surface area contributed by atoms with Crippen LogP contribution in [0.5, 0.6) is 0 Å². The van der Waals surface area contributed by atoms with Gasteiger partial charge in [-0.2, -0.15) is 0 Å². The Hall–Kier alpha value is -2.49. The fourth-order valence-electron chi connectivity index (χ4n) is 4.21. The van der Waals surface area contributed by atoms with Gasteiger partial charge in [-0.05, 0) is 85.5 Å². The molecule has 30 heavy (non-hydrogen) atoms. The molecule has 1 unspecified atom stereocenters. The molecule has 1 aliphatic carbocycles. The summed E-state index contributed by atoms with van der Waals surface area (Å²) in [5, 5.41) is 11.0. The minimum Gasteiger partial charge on any atom is -0.449 e. The third-order valence-corrected chi connectivity index (χ3v) is 6.16. The topological polar surface area (TPSA) is 29.5 Å². The summed E-state index contributed by atoms with van der Waals surface area (Å²) in [5.74, 6) is 0.719. The van der Waals surface area contributed by atoms with Gasteiger partial charge in [0.15, 0.2) is 5.05 Å². The first-order valence-electron chi connectivity index (χ1n) is 10.5. The molecule has 156 valence electrons. The lowest BCUT2D eigenvalue weighted by Crippen LogP contribution is -2.42. The van der Waals surface area contributed by atoms with Crippen molar-refractivity contribution in [2.24, 2.45) is 0 Å². The predicted molar refractivity (Wildman–Crippen MR) is 129 cm³/mol. The second-order valence-electron chi connectivity index (χ2n) is 7.88. The fraction of sp³-hybridized carbons (Fsp3) is 0.296. The lowest BCUT2D eigenvalue weighted by Gasteiger charge is -2.41. The number of rotatable bonds is 2. The molecular weight excluding hydrogens is 388 g/mol. The van der Waals surface area contributed by atoms with E-state index < -0.39 is 11.0 Å². The van der Waals surface area contributed by atoms with Gasteiger partial charge in [-0.1, -0.05) is 68.5 Å². The average molecular weight is 419 g/mol. The smallest absolute Gasteiger partial charge is 0.182 e. The van der Waals surface area contributed by atoms with Crippen LogP contribution in [0.15, 0.2) is 84.2 Å². The first-order valence-corrected chi connectivity index (χ1v) is 10.9. The van der Waals surface area contributed by atoms with E-state index in [9.17, 15) is 5.11 Å². The highest BCUT2D eigenvalue weighted by molar-refractivity contribution is 7.80. The number of allylic oxidation sites excluding steroid dienone is 3. The molecule has 0 saturated carbocycles. The van der Waals surface area contributed by atoms with Crippen LogP contribution >= 0.6 is 12.2 Å². The second kappa shape index (κ2) is 8.71. The van der Waals surface area contributed by atoms with Gasteiger partial charge < -0.3 is 9.84 Å². The third-order valence-electron chi connectivity index (χ3n) is 5.73. The Balaban J connectivity index is 0.00000124. The quantitative estimate of drug-likeness (QED) is 0.565. The Labute approximate surface area is 185 Å². The predicted octanol–water partition coefficient (Wildman–Crippen LogP) is 6.49. The molecular formula is C27H30O2S. The molecule has 1 aliphatic heterocycles. The van der Waals surface area contributed by atoms with Crippen LogP contribution in [0.1, 0.15) is 49.4 Å². The number of benzene rings is 2. The van der Waals surface area contributed by atoms with Crippen LogP contribution in [-0.4, -0.2) is 15.8 Å². The van der Waals surface area contributed by atoms with Crippen LogP contribution in [0.2, 0.25) is 0 Å². The lowest BCUT2D eigenvalue weighted by atomic mass is 9.67. The fourth-order valence-corrected chi connectivity index (χ4v) is 4.59. The van der Waals surface area contributed by atoms with Gasteiger partial charge >= 0.3 is 0 Å². The molecule has 1 atom stereocenters. The monoisotopic (exact) mass is 418 g/mol. The van der Waals surface area contributed by atoms with Crippen molar-refractivity contribution < 1.29 is 9.84 Å². The van der Waals surface area contributed by atoms with Crippen molar-refractivity contribution in [3.05, 3.63) is 106 Å². The molecule has 4 rings (SSSR count). The number of ether oxygens (including phenoxy) is 1. The minimum absolute atomic E-state index is 0.550. The molecule has 0 saturated heterocycles. The van der Waals surface area contributed by atoms with E-state index in [1.54, 1.807) is 13.0 Å². The molecule has 0 fully saturated rings. The SMILES string of the molecule is CC.Cc1ccccc1C1(c2ccccc2C)CC2=C(C=CC(C)(O)C=C2)OC1=S. The average Bonchev–Trinajstić information content (AvgIpc) is 2.88. The highest BCUT2D eigenvalue weighted by Crippen LogP contribution is 2.47. The molecule has 2 nitrogen and oxygen atoms in total. The molecule has 0 aromatic heterocycles. The van der Waals surface area contributed by atoms with E-state index in [0.29, 0.717) is 11.5 Å². The van der Waals surface area contributed by atoms with E-state index in [1.807, 2.05) is 44.2 Å². The molecule has 2 aliphatic rings. The maximum Gasteiger partial charge on any atom is 0.182 e. The van der Waals surface area contributed by atoms with E-state index in [1.165, 1.54) is 11.1 Å². The number of thiocarbonyl (C=S) groups is 1. The van der Waals surface area contributed by atoms with E-state index in [2.05, 4.69) is 50.2 Å². The number of hydrogen-bond donors (Lipinski definition) is 1. The number of hydrogen-bond acceptors (Lipinski definition) is 3. The summed E-state index contributed by atoms with van der Waals surface area (Å²) in [6.45, 7) is 10.00. The normalized spacial score (nSPS) is 21.9. The number of aliphatic hydroxyl groups is 1. The lowest BCUT2D eigenvalue weighted by molar-refractivity contribution is 0.164. The zero-order valence-corrected chi connectivity index (χ0v) is 19.2. The molecule has 0 bridgehead atoms. The van der Waals surface area contributed by atoms with Crippen molar-refractivity contribution in [1.29, 1.82) is 0 Å². The Morgan fingerprint density at radius 1 is 0.867 bits per heavy atom. The molecule has 0 radical (unpaired) electrons. The summed E-state index contributed by atoms with van der Waals surface area (Å²) in [6, 6.07) is 16.8. The molecule has 2 aromatic carbocycles. The molecule has 2 aromatic rings. The largest absolute Gasteiger partial charge is 0.449 e. The summed E-state index contributed by atoms with van der Waals surface area (Å²) in [6.07, 6.45) is 8.05. The molecule has 0 spiro atoms. The van der Waals surface area contributed by atoms with Crippen LogP contribution in [0.25, 0.3) is 0 Å². The van der Waals surface area contributed by atoms with Crippen LogP contribution < -0.4 is 0 Å². The molecule has 1 heterocycles. The zero-order chi connectivity index (χ0) is 21.9. The second-order valence-corrected chi connectivity index (χ2v) is 8.25. The van der Waals surface area contributed by atoms with Gasteiger partial charge in [0.05, 0.1) is 11.0 Å². The van der Waals surface area contributed by atoms with Gasteiger partial charge in [0.25, 0.3) is 0 Å². The van der Waals surface area contributed by atoms with Gasteiger partial charge in [-0.3, -0.25) is 0 Å². The van der Waals surface area contributed by atoms with Gasteiger partial charge in [-0.15, -0.1) is 0 Å². The highest BCUT2D eigenvalue weighted by Gasteiger charge is 2.46. The van der Waals surface area contributed by atoms with Crippen LogP contribution in [0.4, 0.5) is 0 Å². The van der Waals surface area contributed by atoms with E-state index in [-0.39, 0.29) is 0 Å². The van der Waals surface area contributed by atoms with Gasteiger partial charge in [-0.25, -0.2) is 0 Å². The zero-order valence-electron chi connectivity index (χ0n) is 18.4. The standard InChI is InChI=1S/C25H24O2S.C2H6/c1-17-8-4-6-10-20(17)25(21-11-7-5-9-18(21)2)16-19-12-14-24(3,26)15-13-22(19)27-23(25)28;1-2/h4-15,26H,16H2,1-3H3;1-2H3. The van der Waals surface area contributed by atoms with Gasteiger partial charge in [0.1, 0.15) is 5.76 Å². The van der Waals surface area contributed by atoms with Crippen molar-refractivity contribution in [3.8, 4) is 0 Å². The van der Waals surface area contributed by atoms with Crippen LogP contribution in [0, 0.1) is 13.8 Å². The van der Waals surface area contributed by atoms with E-state index in [4.69, 9.17) is 17.0 Å². The van der Waals surface area contributed by atoms with Crippen molar-refractivity contribution in [1.82, 2.24) is 0 Å². The summed E-state index contributed by atoms with van der Waals surface area (Å²) in [5.41, 5.74) is 4.16. The molecule has 3 heteroatoms. The summed E-state index contributed by atoms with van der Waals surface area (Å²) < 4.78 is 6.26. The Bertz CT molecular complexity index is 995. The Morgan fingerprint density at radius 3 is 1.90 bits per heavy atom. The number of aryl methyl sites for hydroxylation is 2. The highest BCUT2D eigenvalue weighted by atomic mass is 32.1. The molecule has 0 amide bonds. The van der Waals surface area contributed by atoms with Crippen molar-refractivity contribution in [2.75, 3.05) is 0 Å². The van der Waals surface area contributed by atoms with Crippen LogP contribution in [0.3, 0.4) is 0 Å². The van der Waals surface area contributed by atoms with Gasteiger partial charge in [0, 0.05) is 0 Å². The Kier molecular flexibility index (Phi) is 6.44. The Morgan fingerprint density at radius 2 is 1.37 bits per heavy atom. The summed E-state index contributed by atoms with van der Waals surface area (Å²) in [7, 11) is 0. The first kappa shape index (κ1) is 22.2. The molecule has 1 N–H and O–H groups in total. The maximum atomic E-state index is 10.4. The van der Waals surface area contributed by atoms with E-state index >= 15 is 0 Å². The summed E-state index contributed by atoms with van der Waals surface area (Å²) in [4.78, 5) is 0. The third kappa shape index (κ3) is 3.92. The van der Waals surface area contributed by atoms with Gasteiger partial charge in [0.2, 0.25) is 0 Å². The van der Waals surface area contributed by atoms with Crippen molar-refractivity contribution >= 4 is 17.3 Å². The first-order chi connectivity index (χ1) is 14.3. The van der Waals surface area contributed by atoms with Crippen molar-refractivity contribution in [2.45, 2.75) is 52.1 Å². The maximum absolute atomic E-state index is 10.4. The van der Waals surface area contributed by atoms with Crippen molar-refractivity contribution in [3.63, 3.8) is 0 Å².